The first-order chi connectivity index (χ1) is 12.7. The van der Waals surface area contributed by atoms with Crippen molar-refractivity contribution in [3.63, 3.8) is 0 Å². The SMILES string of the molecule is C#CCOc1ccccc1CNCc1ccccc1S(=O)(=O)NC(C)(C)C. The quantitative estimate of drug-likeness (QED) is 0.684. The first-order valence-electron chi connectivity index (χ1n) is 8.70. The Labute approximate surface area is 162 Å². The van der Waals surface area contributed by atoms with Crippen molar-refractivity contribution in [2.24, 2.45) is 0 Å². The molecule has 0 aliphatic carbocycles. The third kappa shape index (κ3) is 6.40. The Balaban J connectivity index is 2.11. The summed E-state index contributed by atoms with van der Waals surface area (Å²) in [5.74, 6) is 3.17. The Morgan fingerprint density at radius 3 is 2.26 bits per heavy atom. The molecular weight excluding hydrogens is 360 g/mol. The predicted octanol–water partition coefficient (Wildman–Crippen LogP) is 3.07. The van der Waals surface area contributed by atoms with E-state index in [4.69, 9.17) is 11.2 Å². The average Bonchev–Trinajstić information content (AvgIpc) is 2.59. The summed E-state index contributed by atoms with van der Waals surface area (Å²) in [6.45, 7) is 6.60. The van der Waals surface area contributed by atoms with Crippen molar-refractivity contribution in [1.82, 2.24) is 10.0 Å². The maximum absolute atomic E-state index is 12.7. The van der Waals surface area contributed by atoms with E-state index in [1.807, 2.05) is 57.2 Å². The summed E-state index contributed by atoms with van der Waals surface area (Å²) in [4.78, 5) is 0.282. The molecule has 0 radical (unpaired) electrons. The molecule has 2 aromatic rings. The lowest BCUT2D eigenvalue weighted by Crippen LogP contribution is -2.40. The predicted molar refractivity (Wildman–Crippen MR) is 108 cm³/mol. The molecule has 0 fully saturated rings. The van der Waals surface area contributed by atoms with E-state index in [1.165, 1.54) is 0 Å². The summed E-state index contributed by atoms with van der Waals surface area (Å²) in [6, 6.07) is 14.6. The highest BCUT2D eigenvalue weighted by Gasteiger charge is 2.24. The standard InChI is InChI=1S/C21H26N2O3S/c1-5-14-26-19-12-8-6-10-17(19)15-22-16-18-11-7-9-13-20(18)27(24,25)23-21(2,3)4/h1,6-13,22-23H,14-16H2,2-4H3. The van der Waals surface area contributed by atoms with Gasteiger partial charge in [0, 0.05) is 24.2 Å². The average molecular weight is 387 g/mol. The van der Waals surface area contributed by atoms with E-state index in [1.54, 1.807) is 12.1 Å². The van der Waals surface area contributed by atoms with Crippen molar-refractivity contribution in [3.05, 3.63) is 59.7 Å². The number of terminal acetylenes is 1. The number of benzene rings is 2. The van der Waals surface area contributed by atoms with Crippen molar-refractivity contribution in [1.29, 1.82) is 0 Å². The second-order valence-corrected chi connectivity index (χ2v) is 8.82. The van der Waals surface area contributed by atoms with Crippen molar-refractivity contribution in [2.45, 2.75) is 44.3 Å². The zero-order chi connectivity index (χ0) is 19.9. The lowest BCUT2D eigenvalue weighted by Gasteiger charge is -2.21. The molecule has 0 aliphatic rings. The second-order valence-electron chi connectivity index (χ2n) is 7.17. The fourth-order valence-corrected chi connectivity index (χ4v) is 4.27. The lowest BCUT2D eigenvalue weighted by atomic mass is 10.1. The van der Waals surface area contributed by atoms with Crippen LogP contribution in [-0.2, 0) is 23.1 Å². The fourth-order valence-electron chi connectivity index (χ4n) is 2.61. The van der Waals surface area contributed by atoms with Crippen LogP contribution in [0.5, 0.6) is 5.75 Å². The van der Waals surface area contributed by atoms with Gasteiger partial charge in [-0.15, -0.1) is 6.42 Å². The van der Waals surface area contributed by atoms with E-state index in [0.29, 0.717) is 18.7 Å². The number of rotatable bonds is 8. The summed E-state index contributed by atoms with van der Waals surface area (Å²) < 4.78 is 33.6. The Bertz CT molecular complexity index is 910. The zero-order valence-corrected chi connectivity index (χ0v) is 16.8. The minimum Gasteiger partial charge on any atom is -0.481 e. The number of hydrogen-bond acceptors (Lipinski definition) is 4. The molecule has 0 saturated heterocycles. The van der Waals surface area contributed by atoms with Gasteiger partial charge >= 0.3 is 0 Å². The Hall–Kier alpha value is -2.33. The number of ether oxygens (including phenoxy) is 1. The molecule has 27 heavy (non-hydrogen) atoms. The molecule has 0 amide bonds. The maximum atomic E-state index is 12.7. The van der Waals surface area contributed by atoms with Gasteiger partial charge in [-0.25, -0.2) is 13.1 Å². The molecule has 5 nitrogen and oxygen atoms in total. The lowest BCUT2D eigenvalue weighted by molar-refractivity contribution is 0.364. The summed E-state index contributed by atoms with van der Waals surface area (Å²) in [6.07, 6.45) is 5.25. The van der Waals surface area contributed by atoms with Crippen LogP contribution in [0.15, 0.2) is 53.4 Å². The molecule has 2 aromatic carbocycles. The Morgan fingerprint density at radius 2 is 1.59 bits per heavy atom. The third-order valence-electron chi connectivity index (χ3n) is 3.62. The molecule has 0 aromatic heterocycles. The smallest absolute Gasteiger partial charge is 0.241 e. The van der Waals surface area contributed by atoms with E-state index < -0.39 is 15.6 Å². The van der Waals surface area contributed by atoms with E-state index >= 15 is 0 Å². The van der Waals surface area contributed by atoms with Gasteiger partial charge in [0.1, 0.15) is 12.4 Å². The first-order valence-corrected chi connectivity index (χ1v) is 10.2. The third-order valence-corrected chi connectivity index (χ3v) is 5.48. The summed E-state index contributed by atoms with van der Waals surface area (Å²) in [7, 11) is -3.60. The van der Waals surface area contributed by atoms with E-state index in [2.05, 4.69) is 16.0 Å². The van der Waals surface area contributed by atoms with Crippen molar-refractivity contribution in [3.8, 4) is 18.1 Å². The van der Waals surface area contributed by atoms with Gasteiger partial charge in [-0.05, 0) is 38.5 Å². The van der Waals surface area contributed by atoms with E-state index in [-0.39, 0.29) is 11.5 Å². The largest absolute Gasteiger partial charge is 0.481 e. The topological polar surface area (TPSA) is 67.4 Å². The van der Waals surface area contributed by atoms with Crippen molar-refractivity contribution in [2.75, 3.05) is 6.61 Å². The molecular formula is C21H26N2O3S. The van der Waals surface area contributed by atoms with Gasteiger partial charge in [0.15, 0.2) is 0 Å². The van der Waals surface area contributed by atoms with Crippen LogP contribution in [0.2, 0.25) is 0 Å². The molecule has 0 bridgehead atoms. The molecule has 0 heterocycles. The Morgan fingerprint density at radius 1 is 1.00 bits per heavy atom. The molecule has 6 heteroatoms. The highest BCUT2D eigenvalue weighted by atomic mass is 32.2. The number of nitrogens with one attached hydrogen (secondary N) is 2. The van der Waals surface area contributed by atoms with Crippen LogP contribution in [0, 0.1) is 12.3 Å². The van der Waals surface area contributed by atoms with Crippen molar-refractivity contribution >= 4 is 10.0 Å². The van der Waals surface area contributed by atoms with Gasteiger partial charge in [-0.1, -0.05) is 42.3 Å². The molecule has 0 saturated carbocycles. The summed E-state index contributed by atoms with van der Waals surface area (Å²) in [5.41, 5.74) is 1.12. The highest BCUT2D eigenvalue weighted by Crippen LogP contribution is 2.20. The van der Waals surface area contributed by atoms with Gasteiger partial charge in [0.05, 0.1) is 4.90 Å². The molecule has 0 aliphatic heterocycles. The fraction of sp³-hybridized carbons (Fsp3) is 0.333. The number of para-hydroxylation sites is 1. The first kappa shape index (κ1) is 21.0. The van der Waals surface area contributed by atoms with Gasteiger partial charge in [-0.2, -0.15) is 0 Å². The van der Waals surface area contributed by atoms with Gasteiger partial charge in [0.2, 0.25) is 10.0 Å². The zero-order valence-electron chi connectivity index (χ0n) is 16.0. The second kappa shape index (κ2) is 9.05. The van der Waals surface area contributed by atoms with E-state index in [0.717, 1.165) is 11.3 Å². The van der Waals surface area contributed by atoms with Crippen LogP contribution in [-0.4, -0.2) is 20.6 Å². The Kier molecular flexibility index (Phi) is 7.03. The monoisotopic (exact) mass is 386 g/mol. The number of sulfonamides is 1. The van der Waals surface area contributed by atoms with E-state index in [9.17, 15) is 8.42 Å². The normalized spacial score (nSPS) is 11.8. The van der Waals surface area contributed by atoms with Gasteiger partial charge < -0.3 is 10.1 Å². The van der Waals surface area contributed by atoms with Crippen LogP contribution in [0.4, 0.5) is 0 Å². The highest BCUT2D eigenvalue weighted by molar-refractivity contribution is 7.89. The maximum Gasteiger partial charge on any atom is 0.241 e. The van der Waals surface area contributed by atoms with Gasteiger partial charge in [-0.3, -0.25) is 0 Å². The van der Waals surface area contributed by atoms with Crippen LogP contribution < -0.4 is 14.8 Å². The van der Waals surface area contributed by atoms with Crippen LogP contribution >= 0.6 is 0 Å². The molecule has 144 valence electrons. The summed E-state index contributed by atoms with van der Waals surface area (Å²) in [5, 5.41) is 3.29. The molecule has 2 rings (SSSR count). The number of hydrogen-bond donors (Lipinski definition) is 2. The minimum atomic E-state index is -3.60. The molecule has 2 N–H and O–H groups in total. The summed E-state index contributed by atoms with van der Waals surface area (Å²) >= 11 is 0. The van der Waals surface area contributed by atoms with Gasteiger partial charge in [0.25, 0.3) is 0 Å². The van der Waals surface area contributed by atoms with Crippen LogP contribution in [0.3, 0.4) is 0 Å². The molecule has 0 atom stereocenters. The molecule has 0 unspecified atom stereocenters. The van der Waals surface area contributed by atoms with Crippen molar-refractivity contribution < 1.29 is 13.2 Å². The minimum absolute atomic E-state index is 0.205. The molecule has 0 spiro atoms. The van der Waals surface area contributed by atoms with Crippen LogP contribution in [0.25, 0.3) is 0 Å². The van der Waals surface area contributed by atoms with Crippen LogP contribution in [0.1, 0.15) is 31.9 Å².